The van der Waals surface area contributed by atoms with Crippen LogP contribution in [0.15, 0.2) is 59.8 Å². The van der Waals surface area contributed by atoms with E-state index in [2.05, 4.69) is 64.2 Å². The number of para-hydroxylation sites is 1. The minimum Gasteiger partial charge on any atom is -0.368 e. The predicted molar refractivity (Wildman–Crippen MR) is 120 cm³/mol. The summed E-state index contributed by atoms with van der Waals surface area (Å²) in [5.41, 5.74) is 4.64. The van der Waals surface area contributed by atoms with Gasteiger partial charge in [-0.1, -0.05) is 59.8 Å². The highest BCUT2D eigenvalue weighted by Crippen LogP contribution is 2.31. The summed E-state index contributed by atoms with van der Waals surface area (Å²) < 4.78 is 0. The maximum Gasteiger partial charge on any atom is 0.189 e. The minimum atomic E-state index is 0.555. The topological polar surface area (TPSA) is 56.1 Å². The summed E-state index contributed by atoms with van der Waals surface area (Å²) in [6, 6.07) is 21.0. The number of benzene rings is 2. The maximum atomic E-state index is 9.97. The van der Waals surface area contributed by atoms with Crippen molar-refractivity contribution in [1.82, 2.24) is 9.97 Å². The Bertz CT molecular complexity index is 1020. The first-order chi connectivity index (χ1) is 14.2. The molecular formula is C23H23N5S. The summed E-state index contributed by atoms with van der Waals surface area (Å²) in [7, 11) is 0. The molecule has 6 heteroatoms. The molecule has 1 saturated heterocycles. The van der Waals surface area contributed by atoms with Gasteiger partial charge in [0.2, 0.25) is 0 Å². The first kappa shape index (κ1) is 19.3. The van der Waals surface area contributed by atoms with Gasteiger partial charge in [-0.2, -0.15) is 5.26 Å². The van der Waals surface area contributed by atoms with Crippen LogP contribution in [0.5, 0.6) is 0 Å². The van der Waals surface area contributed by atoms with Crippen LogP contribution in [0, 0.1) is 18.3 Å². The van der Waals surface area contributed by atoms with Crippen LogP contribution >= 0.6 is 11.8 Å². The normalized spacial score (nSPS) is 14.0. The molecule has 2 heterocycles. The zero-order valence-electron chi connectivity index (χ0n) is 16.7. The van der Waals surface area contributed by atoms with E-state index in [9.17, 15) is 5.26 Å². The molecule has 0 atom stereocenters. The van der Waals surface area contributed by atoms with Gasteiger partial charge in [0.15, 0.2) is 11.0 Å². The highest BCUT2D eigenvalue weighted by atomic mass is 32.2. The van der Waals surface area contributed by atoms with Crippen molar-refractivity contribution in [2.45, 2.75) is 12.1 Å². The first-order valence-corrected chi connectivity index (χ1v) is 10.9. The van der Waals surface area contributed by atoms with Crippen LogP contribution in [-0.2, 0) is 0 Å². The van der Waals surface area contributed by atoms with Gasteiger partial charge >= 0.3 is 0 Å². The quantitative estimate of drug-likeness (QED) is 0.478. The molecule has 29 heavy (non-hydrogen) atoms. The lowest BCUT2D eigenvalue weighted by molar-refractivity contribution is 0.643. The van der Waals surface area contributed by atoms with E-state index in [-0.39, 0.29) is 0 Å². The van der Waals surface area contributed by atoms with E-state index in [0.717, 1.165) is 37.6 Å². The number of rotatable bonds is 4. The SMILES string of the molecule is CSc1nc(-c2ccc(C)cc2)c(C#N)c(N2CCN(c3ccccc3)CC2)n1. The van der Waals surface area contributed by atoms with E-state index in [1.54, 1.807) is 0 Å². The Morgan fingerprint density at radius 2 is 1.55 bits per heavy atom. The third-order valence-electron chi connectivity index (χ3n) is 5.19. The first-order valence-electron chi connectivity index (χ1n) is 9.67. The average Bonchev–Trinajstić information content (AvgIpc) is 2.79. The highest BCUT2D eigenvalue weighted by Gasteiger charge is 2.24. The van der Waals surface area contributed by atoms with Crippen LogP contribution in [0.25, 0.3) is 11.3 Å². The zero-order valence-corrected chi connectivity index (χ0v) is 17.5. The van der Waals surface area contributed by atoms with Crippen LogP contribution in [0.3, 0.4) is 0 Å². The number of anilines is 2. The number of piperazine rings is 1. The molecule has 3 aromatic rings. The predicted octanol–water partition coefficient (Wildman–Crippen LogP) is 4.37. The Morgan fingerprint density at radius 3 is 2.17 bits per heavy atom. The van der Waals surface area contributed by atoms with Crippen LogP contribution in [-0.4, -0.2) is 42.4 Å². The summed E-state index contributed by atoms with van der Waals surface area (Å²) in [4.78, 5) is 14.0. The van der Waals surface area contributed by atoms with Gasteiger partial charge in [-0.05, 0) is 25.3 Å². The Balaban J connectivity index is 1.66. The van der Waals surface area contributed by atoms with E-state index >= 15 is 0 Å². The second-order valence-corrected chi connectivity index (χ2v) is 7.82. The molecule has 0 saturated carbocycles. The maximum absolute atomic E-state index is 9.97. The molecule has 4 rings (SSSR count). The molecule has 0 amide bonds. The standard InChI is InChI=1S/C23H23N5S/c1-17-8-10-18(11-9-17)21-20(16-24)22(26-23(25-21)29-2)28-14-12-27(13-15-28)19-6-4-3-5-7-19/h3-11H,12-15H2,1-2H3. The lowest BCUT2D eigenvalue weighted by Crippen LogP contribution is -2.47. The molecule has 1 fully saturated rings. The van der Waals surface area contributed by atoms with Crippen molar-refractivity contribution in [2.75, 3.05) is 42.2 Å². The summed E-state index contributed by atoms with van der Waals surface area (Å²) in [6.45, 7) is 5.49. The van der Waals surface area contributed by atoms with Crippen molar-refractivity contribution in [3.05, 3.63) is 65.7 Å². The van der Waals surface area contributed by atoms with Crippen molar-refractivity contribution in [1.29, 1.82) is 5.26 Å². The van der Waals surface area contributed by atoms with Gasteiger partial charge in [0.1, 0.15) is 11.6 Å². The van der Waals surface area contributed by atoms with Gasteiger partial charge in [0.25, 0.3) is 0 Å². The lowest BCUT2D eigenvalue weighted by atomic mass is 10.0. The van der Waals surface area contributed by atoms with E-state index in [4.69, 9.17) is 4.98 Å². The smallest absolute Gasteiger partial charge is 0.189 e. The molecule has 146 valence electrons. The van der Waals surface area contributed by atoms with Crippen LogP contribution < -0.4 is 9.80 Å². The molecule has 1 aliphatic rings. The molecule has 0 unspecified atom stereocenters. The third-order valence-corrected chi connectivity index (χ3v) is 5.74. The second kappa shape index (κ2) is 8.54. The number of aryl methyl sites for hydroxylation is 1. The molecule has 1 aliphatic heterocycles. The Morgan fingerprint density at radius 1 is 0.897 bits per heavy atom. The number of thioether (sulfide) groups is 1. The zero-order chi connectivity index (χ0) is 20.2. The van der Waals surface area contributed by atoms with Crippen LogP contribution in [0.2, 0.25) is 0 Å². The molecule has 0 bridgehead atoms. The summed E-state index contributed by atoms with van der Waals surface area (Å²) in [5.74, 6) is 0.745. The minimum absolute atomic E-state index is 0.555. The molecule has 5 nitrogen and oxygen atoms in total. The van der Waals surface area contributed by atoms with E-state index in [1.165, 1.54) is 23.0 Å². The van der Waals surface area contributed by atoms with Crippen LogP contribution in [0.4, 0.5) is 11.5 Å². The van der Waals surface area contributed by atoms with E-state index < -0.39 is 0 Å². The van der Waals surface area contributed by atoms with Crippen molar-refractivity contribution in [3.8, 4) is 17.3 Å². The van der Waals surface area contributed by atoms with E-state index in [1.807, 2.05) is 24.5 Å². The average molecular weight is 402 g/mol. The van der Waals surface area contributed by atoms with Gasteiger partial charge in [-0.3, -0.25) is 0 Å². The number of nitrogens with zero attached hydrogens (tertiary/aromatic N) is 5. The summed E-state index contributed by atoms with van der Waals surface area (Å²) in [6.07, 6.45) is 1.97. The fourth-order valence-corrected chi connectivity index (χ4v) is 3.95. The summed E-state index contributed by atoms with van der Waals surface area (Å²) >= 11 is 1.51. The van der Waals surface area contributed by atoms with Gasteiger partial charge < -0.3 is 9.80 Å². The summed E-state index contributed by atoms with van der Waals surface area (Å²) in [5, 5.41) is 10.7. The fourth-order valence-electron chi connectivity index (χ4n) is 3.59. The molecular weight excluding hydrogens is 378 g/mol. The number of hydrogen-bond donors (Lipinski definition) is 0. The second-order valence-electron chi connectivity index (χ2n) is 7.04. The number of nitriles is 1. The third kappa shape index (κ3) is 4.06. The largest absolute Gasteiger partial charge is 0.368 e. The van der Waals surface area contributed by atoms with Gasteiger partial charge in [-0.25, -0.2) is 9.97 Å². The van der Waals surface area contributed by atoms with Crippen LogP contribution in [0.1, 0.15) is 11.1 Å². The molecule has 0 aliphatic carbocycles. The van der Waals surface area contributed by atoms with Crippen molar-refractivity contribution in [3.63, 3.8) is 0 Å². The Hall–Kier alpha value is -3.04. The molecule has 0 spiro atoms. The van der Waals surface area contributed by atoms with E-state index in [0.29, 0.717) is 16.4 Å². The number of hydrogen-bond acceptors (Lipinski definition) is 6. The molecule has 0 N–H and O–H groups in total. The molecule has 2 aromatic carbocycles. The highest BCUT2D eigenvalue weighted by molar-refractivity contribution is 7.98. The molecule has 1 aromatic heterocycles. The number of aromatic nitrogens is 2. The Labute approximate surface area is 176 Å². The van der Waals surface area contributed by atoms with Gasteiger partial charge in [-0.15, -0.1) is 0 Å². The van der Waals surface area contributed by atoms with Crippen molar-refractivity contribution < 1.29 is 0 Å². The van der Waals surface area contributed by atoms with Gasteiger partial charge in [0, 0.05) is 37.4 Å². The lowest BCUT2D eigenvalue weighted by Gasteiger charge is -2.37. The van der Waals surface area contributed by atoms with Crippen molar-refractivity contribution >= 4 is 23.3 Å². The van der Waals surface area contributed by atoms with Gasteiger partial charge in [0.05, 0.1) is 5.69 Å². The van der Waals surface area contributed by atoms with Crippen molar-refractivity contribution in [2.24, 2.45) is 0 Å². The Kier molecular flexibility index (Phi) is 5.68. The monoisotopic (exact) mass is 401 g/mol. The fraction of sp³-hybridized carbons (Fsp3) is 0.261. The molecule has 0 radical (unpaired) electrons.